The molecule has 0 fully saturated rings. The normalized spacial score (nSPS) is 11.9. The Bertz CT molecular complexity index is 518. The van der Waals surface area contributed by atoms with Gasteiger partial charge in [0, 0.05) is 17.3 Å². The van der Waals surface area contributed by atoms with E-state index in [9.17, 15) is 4.79 Å². The van der Waals surface area contributed by atoms with Gasteiger partial charge in [0.05, 0.1) is 0 Å². The van der Waals surface area contributed by atoms with Gasteiger partial charge in [0.1, 0.15) is 0 Å². The maximum absolute atomic E-state index is 12.0. The van der Waals surface area contributed by atoms with Crippen LogP contribution < -0.4 is 11.1 Å². The van der Waals surface area contributed by atoms with Crippen molar-refractivity contribution in [2.24, 2.45) is 5.73 Å². The van der Waals surface area contributed by atoms with Crippen molar-refractivity contribution < 1.29 is 4.79 Å². The summed E-state index contributed by atoms with van der Waals surface area (Å²) in [6.07, 6.45) is 0. The number of anilines is 1. The maximum Gasteiger partial charge on any atom is 0.255 e. The minimum Gasteiger partial charge on any atom is -0.324 e. The molecule has 18 heavy (non-hydrogen) atoms. The monoisotopic (exact) mass is 240 g/mol. The summed E-state index contributed by atoms with van der Waals surface area (Å²) in [6, 6.07) is 16.7. The molecule has 0 aliphatic carbocycles. The summed E-state index contributed by atoms with van der Waals surface area (Å²) < 4.78 is 0. The van der Waals surface area contributed by atoms with Crippen LogP contribution in [0.3, 0.4) is 0 Å². The van der Waals surface area contributed by atoms with Gasteiger partial charge in [0.2, 0.25) is 0 Å². The molecule has 2 aromatic carbocycles. The van der Waals surface area contributed by atoms with Gasteiger partial charge in [-0.25, -0.2) is 0 Å². The Hall–Kier alpha value is -2.13. The summed E-state index contributed by atoms with van der Waals surface area (Å²) in [4.78, 5) is 12.0. The molecule has 0 radical (unpaired) electrons. The van der Waals surface area contributed by atoms with Crippen molar-refractivity contribution in [2.75, 3.05) is 5.32 Å². The van der Waals surface area contributed by atoms with Crippen molar-refractivity contribution in [1.82, 2.24) is 0 Å². The third-order valence-corrected chi connectivity index (χ3v) is 2.73. The zero-order valence-corrected chi connectivity index (χ0v) is 10.3. The second-order valence-corrected chi connectivity index (χ2v) is 4.23. The molecule has 0 aliphatic rings. The highest BCUT2D eigenvalue weighted by Gasteiger charge is 2.06. The fourth-order valence-electron chi connectivity index (χ4n) is 1.66. The summed E-state index contributed by atoms with van der Waals surface area (Å²) in [5, 5.41) is 2.84. The van der Waals surface area contributed by atoms with Crippen LogP contribution in [0.2, 0.25) is 0 Å². The zero-order valence-electron chi connectivity index (χ0n) is 10.3. The van der Waals surface area contributed by atoms with E-state index in [-0.39, 0.29) is 11.9 Å². The Labute approximate surface area is 107 Å². The molecule has 3 heteroatoms. The van der Waals surface area contributed by atoms with Gasteiger partial charge >= 0.3 is 0 Å². The molecule has 3 nitrogen and oxygen atoms in total. The number of rotatable bonds is 3. The molecule has 0 aliphatic heterocycles. The van der Waals surface area contributed by atoms with Crippen molar-refractivity contribution in [3.8, 4) is 0 Å². The standard InChI is InChI=1S/C15H16N2O/c1-11(16)12-7-9-13(10-8-12)15(18)17-14-5-3-2-4-6-14/h2-11H,16H2,1H3,(H,17,18)/t11-/m0/s1. The molecule has 3 N–H and O–H groups in total. The third kappa shape index (κ3) is 2.96. The van der Waals surface area contributed by atoms with Crippen LogP contribution in [0.25, 0.3) is 0 Å². The lowest BCUT2D eigenvalue weighted by Crippen LogP contribution is -2.12. The molecule has 0 unspecified atom stereocenters. The molecule has 1 atom stereocenters. The number of para-hydroxylation sites is 1. The van der Waals surface area contributed by atoms with Gasteiger partial charge in [-0.15, -0.1) is 0 Å². The van der Waals surface area contributed by atoms with E-state index in [2.05, 4.69) is 5.32 Å². The molecular weight excluding hydrogens is 224 g/mol. The van der Waals surface area contributed by atoms with Gasteiger partial charge in [-0.05, 0) is 36.8 Å². The van der Waals surface area contributed by atoms with Crippen LogP contribution >= 0.6 is 0 Å². The molecule has 0 aromatic heterocycles. The summed E-state index contributed by atoms with van der Waals surface area (Å²) >= 11 is 0. The predicted molar refractivity (Wildman–Crippen MR) is 73.4 cm³/mol. The smallest absolute Gasteiger partial charge is 0.255 e. The first-order chi connectivity index (χ1) is 8.66. The maximum atomic E-state index is 12.0. The van der Waals surface area contributed by atoms with Gasteiger partial charge in [-0.3, -0.25) is 4.79 Å². The Balaban J connectivity index is 2.10. The van der Waals surface area contributed by atoms with Crippen LogP contribution in [0.5, 0.6) is 0 Å². The summed E-state index contributed by atoms with van der Waals surface area (Å²) in [5.41, 5.74) is 8.20. The lowest BCUT2D eigenvalue weighted by atomic mass is 10.1. The summed E-state index contributed by atoms with van der Waals surface area (Å²) in [6.45, 7) is 1.92. The summed E-state index contributed by atoms with van der Waals surface area (Å²) in [5.74, 6) is -0.113. The molecule has 2 rings (SSSR count). The fourth-order valence-corrected chi connectivity index (χ4v) is 1.66. The highest BCUT2D eigenvalue weighted by Crippen LogP contribution is 2.13. The van der Waals surface area contributed by atoms with Gasteiger partial charge < -0.3 is 11.1 Å². The van der Waals surface area contributed by atoms with E-state index in [0.717, 1.165) is 11.3 Å². The van der Waals surface area contributed by atoms with Crippen LogP contribution in [0.4, 0.5) is 5.69 Å². The van der Waals surface area contributed by atoms with Crippen LogP contribution in [-0.4, -0.2) is 5.91 Å². The quantitative estimate of drug-likeness (QED) is 0.866. The van der Waals surface area contributed by atoms with Gasteiger partial charge in [-0.1, -0.05) is 30.3 Å². The van der Waals surface area contributed by atoms with Crippen LogP contribution in [0.1, 0.15) is 28.9 Å². The van der Waals surface area contributed by atoms with Crippen molar-refractivity contribution in [2.45, 2.75) is 13.0 Å². The Kier molecular flexibility index (Phi) is 3.75. The average molecular weight is 240 g/mol. The topological polar surface area (TPSA) is 55.1 Å². The Morgan fingerprint density at radius 1 is 1.06 bits per heavy atom. The zero-order chi connectivity index (χ0) is 13.0. The molecule has 92 valence electrons. The lowest BCUT2D eigenvalue weighted by molar-refractivity contribution is 0.102. The number of nitrogens with two attached hydrogens (primary N) is 1. The van der Waals surface area contributed by atoms with E-state index < -0.39 is 0 Å². The molecular formula is C15H16N2O. The van der Waals surface area contributed by atoms with E-state index >= 15 is 0 Å². The van der Waals surface area contributed by atoms with Crippen LogP contribution in [0, 0.1) is 0 Å². The lowest BCUT2D eigenvalue weighted by Gasteiger charge is -2.08. The minimum absolute atomic E-state index is 0.0174. The third-order valence-electron chi connectivity index (χ3n) is 2.73. The van der Waals surface area contributed by atoms with Gasteiger partial charge in [0.25, 0.3) is 5.91 Å². The van der Waals surface area contributed by atoms with Crippen molar-refractivity contribution in [3.63, 3.8) is 0 Å². The molecule has 0 heterocycles. The van der Waals surface area contributed by atoms with E-state index in [1.165, 1.54) is 0 Å². The first-order valence-corrected chi connectivity index (χ1v) is 5.89. The fraction of sp³-hybridized carbons (Fsp3) is 0.133. The van der Waals surface area contributed by atoms with E-state index in [1.807, 2.05) is 49.4 Å². The number of hydrogen-bond acceptors (Lipinski definition) is 2. The van der Waals surface area contributed by atoms with Crippen molar-refractivity contribution >= 4 is 11.6 Å². The van der Waals surface area contributed by atoms with Gasteiger partial charge in [-0.2, -0.15) is 0 Å². The van der Waals surface area contributed by atoms with Gasteiger partial charge in [0.15, 0.2) is 0 Å². The minimum atomic E-state index is -0.113. The number of amides is 1. The van der Waals surface area contributed by atoms with E-state index in [0.29, 0.717) is 5.56 Å². The first kappa shape index (κ1) is 12.3. The number of benzene rings is 2. The second-order valence-electron chi connectivity index (χ2n) is 4.23. The van der Waals surface area contributed by atoms with Crippen molar-refractivity contribution in [3.05, 3.63) is 65.7 Å². The molecule has 1 amide bonds. The Morgan fingerprint density at radius 3 is 2.22 bits per heavy atom. The molecule has 0 saturated heterocycles. The number of nitrogens with one attached hydrogen (secondary N) is 1. The van der Waals surface area contributed by atoms with Crippen LogP contribution in [-0.2, 0) is 0 Å². The second kappa shape index (κ2) is 5.47. The SMILES string of the molecule is C[C@H](N)c1ccc(C(=O)Nc2ccccc2)cc1. The summed E-state index contributed by atoms with van der Waals surface area (Å²) in [7, 11) is 0. The highest BCUT2D eigenvalue weighted by atomic mass is 16.1. The Morgan fingerprint density at radius 2 is 1.67 bits per heavy atom. The largest absolute Gasteiger partial charge is 0.324 e. The van der Waals surface area contributed by atoms with E-state index in [4.69, 9.17) is 5.73 Å². The van der Waals surface area contributed by atoms with Crippen LogP contribution in [0.15, 0.2) is 54.6 Å². The highest BCUT2D eigenvalue weighted by molar-refractivity contribution is 6.04. The number of carbonyl (C=O) groups excluding carboxylic acids is 1. The number of hydrogen-bond donors (Lipinski definition) is 2. The molecule has 0 saturated carbocycles. The molecule has 0 spiro atoms. The molecule has 0 bridgehead atoms. The predicted octanol–water partition coefficient (Wildman–Crippen LogP) is 2.96. The average Bonchev–Trinajstić information content (AvgIpc) is 2.40. The van der Waals surface area contributed by atoms with E-state index in [1.54, 1.807) is 12.1 Å². The number of carbonyl (C=O) groups is 1. The molecule has 2 aromatic rings. The first-order valence-electron chi connectivity index (χ1n) is 5.89. The van der Waals surface area contributed by atoms with Crippen molar-refractivity contribution in [1.29, 1.82) is 0 Å².